The molecule has 0 aromatic heterocycles. The highest BCUT2D eigenvalue weighted by Crippen LogP contribution is 2.22. The van der Waals surface area contributed by atoms with E-state index in [9.17, 15) is 4.79 Å². The Labute approximate surface area is 142 Å². The predicted molar refractivity (Wildman–Crippen MR) is 93.7 cm³/mol. The van der Waals surface area contributed by atoms with Crippen LogP contribution in [0.1, 0.15) is 35.3 Å². The van der Waals surface area contributed by atoms with Crippen molar-refractivity contribution in [1.82, 2.24) is 5.32 Å². The summed E-state index contributed by atoms with van der Waals surface area (Å²) in [6.45, 7) is 4.00. The lowest BCUT2D eigenvalue weighted by Crippen LogP contribution is -2.40. The lowest BCUT2D eigenvalue weighted by Gasteiger charge is -2.27. The molecule has 0 heterocycles. The van der Waals surface area contributed by atoms with Crippen molar-refractivity contribution in [2.24, 2.45) is 0 Å². The van der Waals surface area contributed by atoms with Crippen LogP contribution >= 0.6 is 31.9 Å². The third-order valence-corrected chi connectivity index (χ3v) is 4.54. The van der Waals surface area contributed by atoms with Crippen LogP contribution in [0.5, 0.6) is 0 Å². The maximum absolute atomic E-state index is 12.4. The Morgan fingerprint density at radius 2 is 1.62 bits per heavy atom. The molecule has 0 spiro atoms. The van der Waals surface area contributed by atoms with Gasteiger partial charge in [0.15, 0.2) is 0 Å². The van der Waals surface area contributed by atoms with E-state index in [0.717, 1.165) is 20.9 Å². The first kappa shape index (κ1) is 16.2. The van der Waals surface area contributed by atoms with Crippen molar-refractivity contribution in [2.45, 2.75) is 24.7 Å². The molecule has 0 aliphatic heterocycles. The van der Waals surface area contributed by atoms with E-state index in [1.54, 1.807) is 0 Å². The van der Waals surface area contributed by atoms with Crippen LogP contribution in [0.2, 0.25) is 0 Å². The Hall–Kier alpha value is -1.13. The molecule has 2 nitrogen and oxygen atoms in total. The van der Waals surface area contributed by atoms with E-state index in [0.29, 0.717) is 5.56 Å². The quantitative estimate of drug-likeness (QED) is 0.705. The number of amides is 1. The molecule has 0 saturated heterocycles. The molecule has 0 aliphatic rings. The van der Waals surface area contributed by atoms with E-state index in [4.69, 9.17) is 0 Å². The average molecular weight is 411 g/mol. The van der Waals surface area contributed by atoms with Gasteiger partial charge in [-0.1, -0.05) is 56.1 Å². The molecule has 0 aliphatic carbocycles. The molecule has 2 rings (SSSR count). The summed E-state index contributed by atoms with van der Waals surface area (Å²) < 4.78 is 1.03. The van der Waals surface area contributed by atoms with Crippen LogP contribution in [0.3, 0.4) is 0 Å². The Kier molecular flexibility index (Phi) is 5.22. The second-order valence-corrected chi connectivity index (χ2v) is 6.89. The van der Waals surface area contributed by atoms with Crippen LogP contribution < -0.4 is 5.32 Å². The van der Waals surface area contributed by atoms with Crippen molar-refractivity contribution in [1.29, 1.82) is 0 Å². The average Bonchev–Trinajstić information content (AvgIpc) is 2.47. The van der Waals surface area contributed by atoms with Crippen molar-refractivity contribution in [3.05, 3.63) is 69.7 Å². The Morgan fingerprint density at radius 1 is 1.05 bits per heavy atom. The van der Waals surface area contributed by atoms with Crippen molar-refractivity contribution < 1.29 is 4.79 Å². The monoisotopic (exact) mass is 409 g/mol. The molecule has 1 amide bonds. The zero-order valence-electron chi connectivity index (χ0n) is 12.0. The smallest absolute Gasteiger partial charge is 0.251 e. The van der Waals surface area contributed by atoms with Crippen LogP contribution in [0, 0.1) is 0 Å². The molecule has 21 heavy (non-hydrogen) atoms. The Bertz CT molecular complexity index is 618. The number of carbonyl (C=O) groups is 1. The number of halogens is 2. The molecule has 4 heteroatoms. The molecule has 2 aromatic carbocycles. The van der Waals surface area contributed by atoms with Gasteiger partial charge in [0.1, 0.15) is 0 Å². The SMILES string of the molecule is CC(C)(NC(=O)c1ccc(CBr)cc1)c1ccc(Br)cc1. The minimum Gasteiger partial charge on any atom is -0.343 e. The number of alkyl halides is 1. The van der Waals surface area contributed by atoms with Gasteiger partial charge in [0.05, 0.1) is 5.54 Å². The highest BCUT2D eigenvalue weighted by Gasteiger charge is 2.23. The molecular weight excluding hydrogens is 394 g/mol. The molecule has 0 atom stereocenters. The molecule has 0 radical (unpaired) electrons. The van der Waals surface area contributed by atoms with Crippen LogP contribution in [0.4, 0.5) is 0 Å². The molecule has 0 unspecified atom stereocenters. The summed E-state index contributed by atoms with van der Waals surface area (Å²) in [4.78, 5) is 12.4. The van der Waals surface area contributed by atoms with Gasteiger partial charge in [-0.15, -0.1) is 0 Å². The maximum atomic E-state index is 12.4. The molecule has 110 valence electrons. The van der Waals surface area contributed by atoms with Crippen LogP contribution in [0.15, 0.2) is 53.0 Å². The lowest BCUT2D eigenvalue weighted by atomic mass is 9.94. The molecule has 0 bridgehead atoms. The summed E-state index contributed by atoms with van der Waals surface area (Å²) in [5.41, 5.74) is 2.46. The summed E-state index contributed by atoms with van der Waals surface area (Å²) >= 11 is 6.82. The normalized spacial score (nSPS) is 11.2. The Morgan fingerprint density at radius 3 is 2.14 bits per heavy atom. The van der Waals surface area contributed by atoms with Gasteiger partial charge in [-0.2, -0.15) is 0 Å². The van der Waals surface area contributed by atoms with Crippen molar-refractivity contribution in [2.75, 3.05) is 0 Å². The molecule has 0 saturated carbocycles. The lowest BCUT2D eigenvalue weighted by molar-refractivity contribution is 0.0912. The number of carbonyl (C=O) groups excluding carboxylic acids is 1. The number of hydrogen-bond donors (Lipinski definition) is 1. The third kappa shape index (κ3) is 4.17. The number of hydrogen-bond acceptors (Lipinski definition) is 1. The first-order valence-corrected chi connectivity index (χ1v) is 8.57. The van der Waals surface area contributed by atoms with Gasteiger partial charge in [0.2, 0.25) is 0 Å². The third-order valence-electron chi connectivity index (χ3n) is 3.36. The fourth-order valence-electron chi connectivity index (χ4n) is 2.04. The predicted octanol–water partition coefficient (Wildman–Crippen LogP) is 5.01. The van der Waals surface area contributed by atoms with E-state index in [-0.39, 0.29) is 5.91 Å². The zero-order valence-corrected chi connectivity index (χ0v) is 15.2. The van der Waals surface area contributed by atoms with Gasteiger partial charge in [-0.3, -0.25) is 4.79 Å². The largest absolute Gasteiger partial charge is 0.343 e. The Balaban J connectivity index is 2.14. The molecule has 2 aromatic rings. The van der Waals surface area contributed by atoms with Crippen molar-refractivity contribution in [3.8, 4) is 0 Å². The highest BCUT2D eigenvalue weighted by atomic mass is 79.9. The summed E-state index contributed by atoms with van der Waals surface area (Å²) in [6, 6.07) is 15.6. The number of nitrogens with one attached hydrogen (secondary N) is 1. The second-order valence-electron chi connectivity index (χ2n) is 5.42. The molecule has 1 N–H and O–H groups in total. The summed E-state index contributed by atoms with van der Waals surface area (Å²) in [5.74, 6) is -0.0657. The van der Waals surface area contributed by atoms with E-state index in [1.165, 1.54) is 0 Å². The van der Waals surface area contributed by atoms with Gasteiger partial charge < -0.3 is 5.32 Å². The highest BCUT2D eigenvalue weighted by molar-refractivity contribution is 9.10. The van der Waals surface area contributed by atoms with Crippen molar-refractivity contribution >= 4 is 37.8 Å². The minimum atomic E-state index is -0.425. The number of rotatable bonds is 4. The van der Waals surface area contributed by atoms with Crippen LogP contribution in [-0.2, 0) is 10.9 Å². The first-order chi connectivity index (χ1) is 9.92. The maximum Gasteiger partial charge on any atom is 0.251 e. The van der Waals surface area contributed by atoms with E-state index < -0.39 is 5.54 Å². The molecule has 0 fully saturated rings. The van der Waals surface area contributed by atoms with Crippen LogP contribution in [-0.4, -0.2) is 5.91 Å². The van der Waals surface area contributed by atoms with Gasteiger partial charge in [0.25, 0.3) is 5.91 Å². The van der Waals surface area contributed by atoms with Gasteiger partial charge in [-0.25, -0.2) is 0 Å². The van der Waals surface area contributed by atoms with E-state index in [2.05, 4.69) is 37.2 Å². The van der Waals surface area contributed by atoms with Gasteiger partial charge in [-0.05, 0) is 49.2 Å². The fourth-order valence-corrected chi connectivity index (χ4v) is 2.68. The van der Waals surface area contributed by atoms with Gasteiger partial charge in [0, 0.05) is 15.4 Å². The van der Waals surface area contributed by atoms with Gasteiger partial charge >= 0.3 is 0 Å². The summed E-state index contributed by atoms with van der Waals surface area (Å²) in [6.07, 6.45) is 0. The fraction of sp³-hybridized carbons (Fsp3) is 0.235. The molecular formula is C17H17Br2NO. The first-order valence-electron chi connectivity index (χ1n) is 6.66. The number of benzene rings is 2. The van der Waals surface area contributed by atoms with Crippen LogP contribution in [0.25, 0.3) is 0 Å². The summed E-state index contributed by atoms with van der Waals surface area (Å²) in [7, 11) is 0. The second kappa shape index (κ2) is 6.75. The van der Waals surface area contributed by atoms with E-state index >= 15 is 0 Å². The zero-order chi connectivity index (χ0) is 15.5. The minimum absolute atomic E-state index is 0.0657. The van der Waals surface area contributed by atoms with E-state index in [1.807, 2.05) is 62.4 Å². The standard InChI is InChI=1S/C17H17Br2NO/c1-17(2,14-7-9-15(19)10-8-14)20-16(21)13-5-3-12(11-18)4-6-13/h3-10H,11H2,1-2H3,(H,20,21). The van der Waals surface area contributed by atoms with Crippen molar-refractivity contribution in [3.63, 3.8) is 0 Å². The topological polar surface area (TPSA) is 29.1 Å². The summed E-state index contributed by atoms with van der Waals surface area (Å²) in [5, 5.41) is 3.87.